The summed E-state index contributed by atoms with van der Waals surface area (Å²) >= 11 is 0. The second-order valence-electron chi connectivity index (χ2n) is 9.51. The lowest BCUT2D eigenvalue weighted by Gasteiger charge is -2.36. The van der Waals surface area contributed by atoms with Crippen LogP contribution in [-0.4, -0.2) is 65.3 Å². The van der Waals surface area contributed by atoms with E-state index < -0.39 is 17.7 Å². The molecule has 3 heterocycles. The number of nitrogens with zero attached hydrogens (tertiary/aromatic N) is 2. The average molecular weight is 446 g/mol. The van der Waals surface area contributed by atoms with Crippen LogP contribution >= 0.6 is 0 Å². The van der Waals surface area contributed by atoms with E-state index in [1.54, 1.807) is 4.90 Å². The smallest absolute Gasteiger partial charge is 0.407 e. The molecule has 0 radical (unpaired) electrons. The SMILES string of the molecule is CC(C)(C)OC(=O)NC1CCN(C(=O)C2CCC(=O)N2Cc2ccc3c(c2)OCO3)CC1. The second-order valence-corrected chi connectivity index (χ2v) is 9.51. The Balaban J connectivity index is 1.32. The Bertz CT molecular complexity index is 888. The van der Waals surface area contributed by atoms with Crippen LogP contribution in [0.3, 0.4) is 0 Å². The normalized spacial score (nSPS) is 21.1. The summed E-state index contributed by atoms with van der Waals surface area (Å²) in [6, 6.07) is 5.11. The molecular weight excluding hydrogens is 414 g/mol. The van der Waals surface area contributed by atoms with Crippen molar-refractivity contribution in [2.75, 3.05) is 19.9 Å². The Kier molecular flexibility index (Phi) is 6.17. The van der Waals surface area contributed by atoms with Gasteiger partial charge in [0.2, 0.25) is 18.6 Å². The van der Waals surface area contributed by atoms with Gasteiger partial charge < -0.3 is 29.3 Å². The number of likely N-dealkylation sites (tertiary alicyclic amines) is 2. The first-order valence-electron chi connectivity index (χ1n) is 11.2. The van der Waals surface area contributed by atoms with Crippen LogP contribution in [0.2, 0.25) is 0 Å². The first-order chi connectivity index (χ1) is 15.2. The minimum atomic E-state index is -0.544. The highest BCUT2D eigenvalue weighted by Crippen LogP contribution is 2.34. The summed E-state index contributed by atoms with van der Waals surface area (Å²) in [5.41, 5.74) is 0.361. The highest BCUT2D eigenvalue weighted by atomic mass is 16.7. The summed E-state index contributed by atoms with van der Waals surface area (Å²) < 4.78 is 16.1. The summed E-state index contributed by atoms with van der Waals surface area (Å²) in [4.78, 5) is 41.2. The van der Waals surface area contributed by atoms with Crippen LogP contribution in [0, 0.1) is 0 Å². The van der Waals surface area contributed by atoms with Crippen molar-refractivity contribution in [3.05, 3.63) is 23.8 Å². The highest BCUT2D eigenvalue weighted by Gasteiger charge is 2.39. The zero-order valence-electron chi connectivity index (χ0n) is 18.9. The number of amides is 3. The molecule has 174 valence electrons. The van der Waals surface area contributed by atoms with Gasteiger partial charge in [-0.15, -0.1) is 0 Å². The van der Waals surface area contributed by atoms with Gasteiger partial charge in [0.25, 0.3) is 0 Å². The Morgan fingerprint density at radius 1 is 1.12 bits per heavy atom. The van der Waals surface area contributed by atoms with Gasteiger partial charge in [0.1, 0.15) is 11.6 Å². The maximum absolute atomic E-state index is 13.2. The van der Waals surface area contributed by atoms with Crippen molar-refractivity contribution in [3.63, 3.8) is 0 Å². The number of carbonyl (C=O) groups is 3. The van der Waals surface area contributed by atoms with E-state index in [1.807, 2.05) is 43.9 Å². The molecular formula is C23H31N3O6. The molecule has 1 aromatic carbocycles. The van der Waals surface area contributed by atoms with Gasteiger partial charge in [-0.25, -0.2) is 4.79 Å². The number of benzene rings is 1. The molecule has 1 N–H and O–H groups in total. The fourth-order valence-corrected chi connectivity index (χ4v) is 4.35. The van der Waals surface area contributed by atoms with Crippen molar-refractivity contribution in [3.8, 4) is 11.5 Å². The van der Waals surface area contributed by atoms with Gasteiger partial charge in [-0.3, -0.25) is 9.59 Å². The van der Waals surface area contributed by atoms with Crippen LogP contribution in [0.25, 0.3) is 0 Å². The third-order valence-electron chi connectivity index (χ3n) is 5.93. The Hall–Kier alpha value is -2.97. The molecule has 1 atom stereocenters. The molecule has 2 saturated heterocycles. The first kappa shape index (κ1) is 22.2. The molecule has 9 nitrogen and oxygen atoms in total. The number of hydrogen-bond donors (Lipinski definition) is 1. The minimum Gasteiger partial charge on any atom is -0.454 e. The maximum atomic E-state index is 13.2. The van der Waals surface area contributed by atoms with E-state index in [-0.39, 0.29) is 24.6 Å². The van der Waals surface area contributed by atoms with E-state index in [0.717, 1.165) is 5.56 Å². The molecule has 3 amide bonds. The molecule has 3 aliphatic rings. The highest BCUT2D eigenvalue weighted by molar-refractivity contribution is 5.91. The number of carbonyl (C=O) groups excluding carboxylic acids is 3. The monoisotopic (exact) mass is 445 g/mol. The quantitative estimate of drug-likeness (QED) is 0.765. The van der Waals surface area contributed by atoms with Gasteiger partial charge in [-0.1, -0.05) is 6.07 Å². The first-order valence-corrected chi connectivity index (χ1v) is 11.2. The van der Waals surface area contributed by atoms with Crippen molar-refractivity contribution in [2.45, 2.75) is 70.7 Å². The lowest BCUT2D eigenvalue weighted by Crippen LogP contribution is -2.52. The average Bonchev–Trinajstić information content (AvgIpc) is 3.33. The van der Waals surface area contributed by atoms with E-state index in [1.165, 1.54) is 0 Å². The minimum absolute atomic E-state index is 0.0116. The fraction of sp³-hybridized carbons (Fsp3) is 0.609. The molecule has 4 rings (SSSR count). The number of alkyl carbamates (subject to hydrolysis) is 1. The summed E-state index contributed by atoms with van der Waals surface area (Å²) in [5.74, 6) is 1.32. The molecule has 32 heavy (non-hydrogen) atoms. The topological polar surface area (TPSA) is 97.4 Å². The van der Waals surface area contributed by atoms with Crippen LogP contribution in [0.15, 0.2) is 18.2 Å². The van der Waals surface area contributed by atoms with E-state index in [9.17, 15) is 14.4 Å². The number of piperidine rings is 1. The standard InChI is InChI=1S/C23H31N3O6/c1-23(2,3)32-22(29)24-16-8-10-25(11-9-16)21(28)17-5-7-20(27)26(17)13-15-4-6-18-19(12-15)31-14-30-18/h4,6,12,16-17H,5,7-11,13-14H2,1-3H3,(H,24,29). The number of hydrogen-bond acceptors (Lipinski definition) is 6. The third-order valence-corrected chi connectivity index (χ3v) is 5.93. The molecule has 0 spiro atoms. The lowest BCUT2D eigenvalue weighted by atomic mass is 10.0. The van der Waals surface area contributed by atoms with E-state index in [4.69, 9.17) is 14.2 Å². The largest absolute Gasteiger partial charge is 0.454 e. The van der Waals surface area contributed by atoms with Crippen LogP contribution in [0.5, 0.6) is 11.5 Å². The predicted molar refractivity (Wildman–Crippen MR) is 115 cm³/mol. The van der Waals surface area contributed by atoms with Crippen molar-refractivity contribution >= 4 is 17.9 Å². The Morgan fingerprint density at radius 2 is 1.84 bits per heavy atom. The lowest BCUT2D eigenvalue weighted by molar-refractivity contribution is -0.142. The van der Waals surface area contributed by atoms with Crippen molar-refractivity contribution < 1.29 is 28.6 Å². The molecule has 0 aromatic heterocycles. The molecule has 0 saturated carbocycles. The Morgan fingerprint density at radius 3 is 2.56 bits per heavy atom. The van der Waals surface area contributed by atoms with Gasteiger partial charge in [-0.2, -0.15) is 0 Å². The summed E-state index contributed by atoms with van der Waals surface area (Å²) in [6.07, 6.45) is 1.79. The predicted octanol–water partition coefficient (Wildman–Crippen LogP) is 2.42. The number of nitrogens with one attached hydrogen (secondary N) is 1. The number of ether oxygens (including phenoxy) is 3. The molecule has 0 aliphatic carbocycles. The van der Waals surface area contributed by atoms with E-state index in [0.29, 0.717) is 56.8 Å². The van der Waals surface area contributed by atoms with Gasteiger partial charge >= 0.3 is 6.09 Å². The van der Waals surface area contributed by atoms with Gasteiger partial charge in [0, 0.05) is 32.1 Å². The van der Waals surface area contributed by atoms with Crippen molar-refractivity contribution in [2.24, 2.45) is 0 Å². The maximum Gasteiger partial charge on any atom is 0.407 e. The van der Waals surface area contributed by atoms with Crippen LogP contribution in [0.4, 0.5) is 4.79 Å². The van der Waals surface area contributed by atoms with Crippen molar-refractivity contribution in [1.82, 2.24) is 15.1 Å². The molecule has 1 unspecified atom stereocenters. The van der Waals surface area contributed by atoms with Crippen LogP contribution in [-0.2, 0) is 20.9 Å². The van der Waals surface area contributed by atoms with Crippen LogP contribution in [0.1, 0.15) is 52.0 Å². The zero-order chi connectivity index (χ0) is 22.9. The molecule has 0 bridgehead atoms. The number of fused-ring (bicyclic) bond motifs is 1. The van der Waals surface area contributed by atoms with E-state index in [2.05, 4.69) is 5.32 Å². The molecule has 1 aromatic rings. The van der Waals surface area contributed by atoms with Crippen LogP contribution < -0.4 is 14.8 Å². The van der Waals surface area contributed by atoms with Gasteiger partial charge in [0.15, 0.2) is 11.5 Å². The van der Waals surface area contributed by atoms with Gasteiger partial charge in [-0.05, 0) is 57.7 Å². The van der Waals surface area contributed by atoms with Crippen molar-refractivity contribution in [1.29, 1.82) is 0 Å². The fourth-order valence-electron chi connectivity index (χ4n) is 4.35. The van der Waals surface area contributed by atoms with E-state index >= 15 is 0 Å². The molecule has 2 fully saturated rings. The summed E-state index contributed by atoms with van der Waals surface area (Å²) in [5, 5.41) is 2.89. The van der Waals surface area contributed by atoms with Gasteiger partial charge in [0.05, 0.1) is 0 Å². The zero-order valence-corrected chi connectivity index (χ0v) is 18.9. The second kappa shape index (κ2) is 8.88. The summed E-state index contributed by atoms with van der Waals surface area (Å²) in [7, 11) is 0. The summed E-state index contributed by atoms with van der Waals surface area (Å²) in [6.45, 7) is 7.12. The molecule has 3 aliphatic heterocycles. The number of rotatable bonds is 4. The molecule has 9 heteroatoms. The Labute approximate surface area is 188 Å². The third kappa shape index (κ3) is 5.08.